The third kappa shape index (κ3) is 3.27. The Kier molecular flexibility index (Phi) is 3.80. The van der Waals surface area contributed by atoms with Gasteiger partial charge in [-0.25, -0.2) is 0 Å². The second-order valence-electron chi connectivity index (χ2n) is 3.22. The van der Waals surface area contributed by atoms with Gasteiger partial charge in [0.05, 0.1) is 5.56 Å². The summed E-state index contributed by atoms with van der Waals surface area (Å²) in [5, 5.41) is 0. The Morgan fingerprint density at radius 2 is 1.87 bits per heavy atom. The summed E-state index contributed by atoms with van der Waals surface area (Å²) in [4.78, 5) is 0. The maximum absolute atomic E-state index is 12.5. The highest BCUT2D eigenvalue weighted by Gasteiger charge is 2.32. The van der Waals surface area contributed by atoms with Gasteiger partial charge in [0.2, 0.25) is 0 Å². The zero-order valence-electron chi connectivity index (χ0n) is 7.94. The van der Waals surface area contributed by atoms with Crippen molar-refractivity contribution >= 4 is 11.6 Å². The number of rotatable bonds is 3. The second kappa shape index (κ2) is 4.71. The smallest absolute Gasteiger partial charge is 0.166 e. The third-order valence-corrected chi connectivity index (χ3v) is 2.33. The summed E-state index contributed by atoms with van der Waals surface area (Å²) in [6, 6.07) is 5.46. The molecule has 0 saturated heterocycles. The monoisotopic (exact) mass is 234 g/mol. The van der Waals surface area contributed by atoms with Gasteiger partial charge in [-0.05, 0) is 18.1 Å². The van der Waals surface area contributed by atoms with Gasteiger partial charge in [0.1, 0.15) is 0 Å². The molecule has 0 aromatic heterocycles. The Balaban J connectivity index is 3.02. The molecule has 0 aliphatic heterocycles. The Hall–Kier alpha value is -0.960. The molecule has 0 aliphatic carbocycles. The molecule has 0 saturated carbocycles. The molecule has 0 N–H and O–H groups in total. The molecule has 0 atom stereocenters. The van der Waals surface area contributed by atoms with E-state index in [-0.39, 0.29) is 17.9 Å². The van der Waals surface area contributed by atoms with Crippen LogP contribution in [0.5, 0.6) is 0 Å². The van der Waals surface area contributed by atoms with Crippen LogP contribution in [-0.2, 0) is 12.6 Å². The van der Waals surface area contributed by atoms with Crippen LogP contribution in [0, 0.1) is 0 Å². The van der Waals surface area contributed by atoms with Crippen LogP contribution < -0.4 is 0 Å². The average Bonchev–Trinajstić information content (AvgIpc) is 2.17. The fourth-order valence-corrected chi connectivity index (χ4v) is 1.36. The first-order valence-corrected chi connectivity index (χ1v) is 4.86. The maximum Gasteiger partial charge on any atom is 0.416 e. The van der Waals surface area contributed by atoms with Crippen LogP contribution in [0.25, 0.3) is 0 Å². The maximum atomic E-state index is 12.5. The highest BCUT2D eigenvalue weighted by Crippen LogP contribution is 2.32. The normalized spacial score (nSPS) is 11.5. The van der Waals surface area contributed by atoms with E-state index in [1.54, 1.807) is 6.07 Å². The van der Waals surface area contributed by atoms with Gasteiger partial charge in [-0.1, -0.05) is 30.4 Å². The first-order chi connectivity index (χ1) is 6.95. The molecule has 0 unspecified atom stereocenters. The Morgan fingerprint density at radius 3 is 2.40 bits per heavy atom. The van der Waals surface area contributed by atoms with Crippen LogP contribution in [0.15, 0.2) is 36.4 Å². The minimum Gasteiger partial charge on any atom is -0.166 e. The highest BCUT2D eigenvalue weighted by atomic mass is 35.5. The van der Waals surface area contributed by atoms with Gasteiger partial charge in [0.25, 0.3) is 0 Å². The quantitative estimate of drug-likeness (QED) is 0.547. The van der Waals surface area contributed by atoms with E-state index in [9.17, 15) is 13.2 Å². The molecule has 0 nitrogen and oxygen atoms in total. The van der Waals surface area contributed by atoms with Gasteiger partial charge in [0.15, 0.2) is 0 Å². The Labute approximate surface area is 91.4 Å². The molecule has 0 bridgehead atoms. The van der Waals surface area contributed by atoms with Gasteiger partial charge >= 0.3 is 6.18 Å². The number of benzene rings is 1. The van der Waals surface area contributed by atoms with Crippen molar-refractivity contribution in [3.8, 4) is 0 Å². The summed E-state index contributed by atoms with van der Waals surface area (Å²) < 4.78 is 37.6. The summed E-state index contributed by atoms with van der Waals surface area (Å²) in [7, 11) is 0. The van der Waals surface area contributed by atoms with E-state index in [1.165, 1.54) is 12.1 Å². The standard InChI is InChI=1S/C11H10ClF3/c1-8(7-12)6-9-4-2-3-5-10(9)11(13,14)15/h2-5H,1,6-7H2. The zero-order valence-corrected chi connectivity index (χ0v) is 8.70. The second-order valence-corrected chi connectivity index (χ2v) is 3.48. The van der Waals surface area contributed by atoms with E-state index in [0.29, 0.717) is 5.57 Å². The van der Waals surface area contributed by atoms with Crippen LogP contribution in [0.4, 0.5) is 13.2 Å². The van der Waals surface area contributed by atoms with Gasteiger partial charge in [0, 0.05) is 5.88 Å². The summed E-state index contributed by atoms with van der Waals surface area (Å²) in [5.41, 5.74) is 0.181. The van der Waals surface area contributed by atoms with Crippen molar-refractivity contribution in [2.24, 2.45) is 0 Å². The SMILES string of the molecule is C=C(CCl)Cc1ccccc1C(F)(F)F. The first-order valence-electron chi connectivity index (χ1n) is 4.33. The molecule has 1 rings (SSSR count). The van der Waals surface area contributed by atoms with E-state index >= 15 is 0 Å². The topological polar surface area (TPSA) is 0 Å². The molecule has 0 fully saturated rings. The van der Waals surface area contributed by atoms with Crippen molar-refractivity contribution in [2.45, 2.75) is 12.6 Å². The van der Waals surface area contributed by atoms with Crippen LogP contribution in [-0.4, -0.2) is 5.88 Å². The van der Waals surface area contributed by atoms with Gasteiger partial charge in [-0.3, -0.25) is 0 Å². The summed E-state index contributed by atoms with van der Waals surface area (Å²) in [6.07, 6.45) is -4.15. The molecule has 0 amide bonds. The predicted octanol–water partition coefficient (Wildman–Crippen LogP) is 4.04. The van der Waals surface area contributed by atoms with Crippen molar-refractivity contribution in [3.63, 3.8) is 0 Å². The number of hydrogen-bond donors (Lipinski definition) is 0. The summed E-state index contributed by atoms with van der Waals surface area (Å²) >= 11 is 5.49. The molecular weight excluding hydrogens is 225 g/mol. The molecule has 1 aromatic carbocycles. The molecule has 82 valence electrons. The van der Waals surface area contributed by atoms with Gasteiger partial charge in [-0.2, -0.15) is 13.2 Å². The largest absolute Gasteiger partial charge is 0.416 e. The minimum absolute atomic E-state index is 0.166. The predicted molar refractivity (Wildman–Crippen MR) is 55.0 cm³/mol. The molecule has 0 radical (unpaired) electrons. The summed E-state index contributed by atoms with van der Waals surface area (Å²) in [6.45, 7) is 3.59. The number of alkyl halides is 4. The average molecular weight is 235 g/mol. The Morgan fingerprint density at radius 1 is 1.27 bits per heavy atom. The Bertz CT molecular complexity index is 355. The van der Waals surface area contributed by atoms with E-state index in [1.807, 2.05) is 0 Å². The molecule has 0 heterocycles. The van der Waals surface area contributed by atoms with Crippen molar-refractivity contribution in [1.29, 1.82) is 0 Å². The fourth-order valence-electron chi connectivity index (χ4n) is 1.27. The molecular formula is C11H10ClF3. The number of halogens is 4. The lowest BCUT2D eigenvalue weighted by Gasteiger charge is -2.12. The van der Waals surface area contributed by atoms with Crippen LogP contribution >= 0.6 is 11.6 Å². The van der Waals surface area contributed by atoms with E-state index in [0.717, 1.165) is 6.07 Å². The molecule has 1 aromatic rings. The minimum atomic E-state index is -4.32. The van der Waals surface area contributed by atoms with Crippen LogP contribution in [0.1, 0.15) is 11.1 Å². The highest BCUT2D eigenvalue weighted by molar-refractivity contribution is 6.19. The van der Waals surface area contributed by atoms with Gasteiger partial charge in [-0.15, -0.1) is 11.6 Å². The lowest BCUT2D eigenvalue weighted by Crippen LogP contribution is -2.09. The molecule has 0 aliphatic rings. The number of hydrogen-bond acceptors (Lipinski definition) is 0. The van der Waals surface area contributed by atoms with Crippen LogP contribution in [0.3, 0.4) is 0 Å². The van der Waals surface area contributed by atoms with Crippen molar-refractivity contribution in [1.82, 2.24) is 0 Å². The first kappa shape index (κ1) is 12.1. The third-order valence-electron chi connectivity index (χ3n) is 1.95. The van der Waals surface area contributed by atoms with Crippen molar-refractivity contribution in [3.05, 3.63) is 47.5 Å². The molecule has 15 heavy (non-hydrogen) atoms. The van der Waals surface area contributed by atoms with E-state index in [4.69, 9.17) is 11.6 Å². The fraction of sp³-hybridized carbons (Fsp3) is 0.273. The van der Waals surface area contributed by atoms with Gasteiger partial charge < -0.3 is 0 Å². The lowest BCUT2D eigenvalue weighted by molar-refractivity contribution is -0.138. The lowest BCUT2D eigenvalue weighted by atomic mass is 10.0. The van der Waals surface area contributed by atoms with E-state index in [2.05, 4.69) is 6.58 Å². The zero-order chi connectivity index (χ0) is 11.5. The number of allylic oxidation sites excluding steroid dienone is 1. The van der Waals surface area contributed by atoms with Crippen molar-refractivity contribution < 1.29 is 13.2 Å². The molecule has 0 spiro atoms. The van der Waals surface area contributed by atoms with Crippen LogP contribution in [0.2, 0.25) is 0 Å². The molecule has 4 heteroatoms. The van der Waals surface area contributed by atoms with E-state index < -0.39 is 11.7 Å². The van der Waals surface area contributed by atoms with Crippen molar-refractivity contribution in [2.75, 3.05) is 5.88 Å². The summed E-state index contributed by atoms with van der Waals surface area (Å²) in [5.74, 6) is 0.173.